The molecule has 1 fully saturated rings. The molecule has 3 nitrogen and oxygen atoms in total. The van der Waals surface area contributed by atoms with Crippen molar-refractivity contribution in [1.82, 2.24) is 5.32 Å². The standard InChI is InChI=1S/C15H23NO2/c1-15(11-17,16-13-7-3-4-8-13)12-6-5-9-14(10-12)18-2/h5-6,9-10,13,16-17H,3-4,7-8,11H2,1-2H3. The van der Waals surface area contributed by atoms with E-state index in [1.54, 1.807) is 7.11 Å². The number of rotatable bonds is 5. The second kappa shape index (κ2) is 5.72. The van der Waals surface area contributed by atoms with Gasteiger partial charge < -0.3 is 15.2 Å². The highest BCUT2D eigenvalue weighted by Gasteiger charge is 2.30. The largest absolute Gasteiger partial charge is 0.497 e. The average Bonchev–Trinajstić information content (AvgIpc) is 2.91. The third-order valence-corrected chi connectivity index (χ3v) is 3.90. The van der Waals surface area contributed by atoms with E-state index >= 15 is 0 Å². The van der Waals surface area contributed by atoms with Crippen molar-refractivity contribution in [3.8, 4) is 5.75 Å². The molecule has 1 aromatic rings. The Balaban J connectivity index is 2.18. The van der Waals surface area contributed by atoms with E-state index in [0.29, 0.717) is 6.04 Å². The van der Waals surface area contributed by atoms with Crippen molar-refractivity contribution in [2.45, 2.75) is 44.2 Å². The number of aliphatic hydroxyl groups excluding tert-OH is 1. The molecule has 2 N–H and O–H groups in total. The number of hydrogen-bond acceptors (Lipinski definition) is 3. The fraction of sp³-hybridized carbons (Fsp3) is 0.600. The van der Waals surface area contributed by atoms with Crippen molar-refractivity contribution in [2.24, 2.45) is 0 Å². The smallest absolute Gasteiger partial charge is 0.119 e. The highest BCUT2D eigenvalue weighted by Crippen LogP contribution is 2.28. The van der Waals surface area contributed by atoms with Crippen LogP contribution in [-0.2, 0) is 5.54 Å². The molecule has 2 rings (SSSR count). The fourth-order valence-electron chi connectivity index (χ4n) is 2.71. The molecule has 0 saturated heterocycles. The van der Waals surface area contributed by atoms with Gasteiger partial charge in [0.1, 0.15) is 5.75 Å². The second-order valence-corrected chi connectivity index (χ2v) is 5.35. The van der Waals surface area contributed by atoms with E-state index in [-0.39, 0.29) is 12.1 Å². The van der Waals surface area contributed by atoms with E-state index in [0.717, 1.165) is 11.3 Å². The Morgan fingerprint density at radius 2 is 2.11 bits per heavy atom. The zero-order valence-electron chi connectivity index (χ0n) is 11.3. The topological polar surface area (TPSA) is 41.5 Å². The molecule has 1 aliphatic rings. The van der Waals surface area contributed by atoms with E-state index < -0.39 is 0 Å². The van der Waals surface area contributed by atoms with Gasteiger partial charge in [-0.25, -0.2) is 0 Å². The molecule has 0 aromatic heterocycles. The maximum atomic E-state index is 9.76. The summed E-state index contributed by atoms with van der Waals surface area (Å²) in [6.07, 6.45) is 4.99. The summed E-state index contributed by atoms with van der Waals surface area (Å²) < 4.78 is 5.26. The molecule has 1 aliphatic carbocycles. The van der Waals surface area contributed by atoms with Crippen LogP contribution in [0.25, 0.3) is 0 Å². The summed E-state index contributed by atoms with van der Waals surface area (Å²) in [5.41, 5.74) is 0.694. The van der Waals surface area contributed by atoms with Gasteiger partial charge in [-0.1, -0.05) is 25.0 Å². The van der Waals surface area contributed by atoms with E-state index in [4.69, 9.17) is 4.74 Å². The summed E-state index contributed by atoms with van der Waals surface area (Å²) >= 11 is 0. The quantitative estimate of drug-likeness (QED) is 0.842. The first kappa shape index (κ1) is 13.4. The van der Waals surface area contributed by atoms with Crippen LogP contribution in [0.15, 0.2) is 24.3 Å². The fourth-order valence-corrected chi connectivity index (χ4v) is 2.71. The first-order valence-electron chi connectivity index (χ1n) is 6.71. The van der Waals surface area contributed by atoms with Crippen LogP contribution in [0.3, 0.4) is 0 Å². The summed E-state index contributed by atoms with van der Waals surface area (Å²) in [6, 6.07) is 8.46. The van der Waals surface area contributed by atoms with Gasteiger partial charge in [0.25, 0.3) is 0 Å². The van der Waals surface area contributed by atoms with Crippen LogP contribution in [0.1, 0.15) is 38.2 Å². The number of hydrogen-bond donors (Lipinski definition) is 2. The van der Waals surface area contributed by atoms with Crippen LogP contribution in [0, 0.1) is 0 Å². The van der Waals surface area contributed by atoms with E-state index in [1.165, 1.54) is 25.7 Å². The number of nitrogens with one attached hydrogen (secondary N) is 1. The molecule has 18 heavy (non-hydrogen) atoms. The minimum Gasteiger partial charge on any atom is -0.497 e. The molecule has 1 atom stereocenters. The van der Waals surface area contributed by atoms with Gasteiger partial charge in [0.2, 0.25) is 0 Å². The maximum Gasteiger partial charge on any atom is 0.119 e. The Morgan fingerprint density at radius 1 is 1.39 bits per heavy atom. The van der Waals surface area contributed by atoms with Crippen molar-refractivity contribution in [3.63, 3.8) is 0 Å². The summed E-state index contributed by atoms with van der Waals surface area (Å²) in [7, 11) is 1.67. The number of benzene rings is 1. The SMILES string of the molecule is COc1cccc(C(C)(CO)NC2CCCC2)c1. The van der Waals surface area contributed by atoms with Gasteiger partial charge in [-0.2, -0.15) is 0 Å². The van der Waals surface area contributed by atoms with Gasteiger partial charge in [-0.3, -0.25) is 0 Å². The lowest BCUT2D eigenvalue weighted by atomic mass is 9.91. The third kappa shape index (κ3) is 2.85. The molecule has 1 unspecified atom stereocenters. The predicted molar refractivity (Wildman–Crippen MR) is 72.8 cm³/mol. The zero-order chi connectivity index (χ0) is 13.0. The summed E-state index contributed by atoms with van der Waals surface area (Å²) in [6.45, 7) is 2.15. The normalized spacial score (nSPS) is 19.7. The average molecular weight is 249 g/mol. The Morgan fingerprint density at radius 3 is 2.72 bits per heavy atom. The molecule has 1 saturated carbocycles. The lowest BCUT2D eigenvalue weighted by molar-refractivity contribution is 0.161. The van der Waals surface area contributed by atoms with Gasteiger partial charge in [0, 0.05) is 6.04 Å². The zero-order valence-corrected chi connectivity index (χ0v) is 11.3. The summed E-state index contributed by atoms with van der Waals surface area (Å²) in [5, 5.41) is 13.4. The van der Waals surface area contributed by atoms with Gasteiger partial charge in [-0.15, -0.1) is 0 Å². The van der Waals surface area contributed by atoms with Gasteiger partial charge in [0.05, 0.1) is 19.3 Å². The third-order valence-electron chi connectivity index (χ3n) is 3.90. The molecule has 0 spiro atoms. The minimum atomic E-state index is -0.385. The Kier molecular flexibility index (Phi) is 4.25. The molecule has 0 aliphatic heterocycles. The summed E-state index contributed by atoms with van der Waals surface area (Å²) in [5.74, 6) is 0.834. The Bertz CT molecular complexity index is 388. The van der Waals surface area contributed by atoms with Crippen LogP contribution in [-0.4, -0.2) is 24.9 Å². The molecule has 100 valence electrons. The minimum absolute atomic E-state index is 0.0939. The highest BCUT2D eigenvalue weighted by atomic mass is 16.5. The van der Waals surface area contributed by atoms with Crippen molar-refractivity contribution in [2.75, 3.05) is 13.7 Å². The van der Waals surface area contributed by atoms with Crippen molar-refractivity contribution >= 4 is 0 Å². The van der Waals surface area contributed by atoms with Gasteiger partial charge >= 0.3 is 0 Å². The molecule has 3 heteroatoms. The molecule has 1 aromatic carbocycles. The molecular formula is C15H23NO2. The monoisotopic (exact) mass is 249 g/mol. The summed E-state index contributed by atoms with van der Waals surface area (Å²) in [4.78, 5) is 0. The lowest BCUT2D eigenvalue weighted by Gasteiger charge is -2.33. The van der Waals surface area contributed by atoms with Crippen molar-refractivity contribution in [1.29, 1.82) is 0 Å². The van der Waals surface area contributed by atoms with Crippen molar-refractivity contribution in [3.05, 3.63) is 29.8 Å². The van der Waals surface area contributed by atoms with Gasteiger partial charge in [-0.05, 0) is 37.5 Å². The number of ether oxygens (including phenoxy) is 1. The lowest BCUT2D eigenvalue weighted by Crippen LogP contribution is -2.47. The Labute approximate surface area is 109 Å². The first-order valence-corrected chi connectivity index (χ1v) is 6.71. The second-order valence-electron chi connectivity index (χ2n) is 5.35. The number of aliphatic hydroxyl groups is 1. The molecular weight excluding hydrogens is 226 g/mol. The predicted octanol–water partition coefficient (Wildman–Crippen LogP) is 2.43. The first-order chi connectivity index (χ1) is 8.68. The van der Waals surface area contributed by atoms with Crippen molar-refractivity contribution < 1.29 is 9.84 Å². The molecule has 0 heterocycles. The van der Waals surface area contributed by atoms with Crippen LogP contribution < -0.4 is 10.1 Å². The molecule has 0 bridgehead atoms. The van der Waals surface area contributed by atoms with Crippen LogP contribution in [0.4, 0.5) is 0 Å². The van der Waals surface area contributed by atoms with E-state index in [9.17, 15) is 5.11 Å². The van der Waals surface area contributed by atoms with Gasteiger partial charge in [0.15, 0.2) is 0 Å². The van der Waals surface area contributed by atoms with Crippen LogP contribution in [0.2, 0.25) is 0 Å². The Hall–Kier alpha value is -1.06. The van der Waals surface area contributed by atoms with Crippen LogP contribution in [0.5, 0.6) is 5.75 Å². The van der Waals surface area contributed by atoms with E-state index in [2.05, 4.69) is 12.2 Å². The van der Waals surface area contributed by atoms with Crippen LogP contribution >= 0.6 is 0 Å². The molecule has 0 amide bonds. The molecule has 0 radical (unpaired) electrons. The number of methoxy groups -OCH3 is 1. The highest BCUT2D eigenvalue weighted by molar-refractivity contribution is 5.33. The van der Waals surface area contributed by atoms with E-state index in [1.807, 2.05) is 24.3 Å². The maximum absolute atomic E-state index is 9.76.